The lowest BCUT2D eigenvalue weighted by Crippen LogP contribution is -2.47. The Hall–Kier alpha value is -3.42. The van der Waals surface area contributed by atoms with E-state index in [1.54, 1.807) is 6.20 Å². The van der Waals surface area contributed by atoms with Crippen molar-refractivity contribution in [3.8, 4) is 0 Å². The molecule has 138 valence electrons. The molecule has 8 nitrogen and oxygen atoms in total. The number of aryl methyl sites for hydroxylation is 1. The lowest BCUT2D eigenvalue weighted by Gasteiger charge is -2.36. The maximum Gasteiger partial charge on any atom is 0.160 e. The number of hydrogen-bond acceptors (Lipinski definition) is 8. The van der Waals surface area contributed by atoms with Crippen molar-refractivity contribution >= 4 is 29.0 Å². The van der Waals surface area contributed by atoms with Crippen molar-refractivity contribution < 1.29 is 0 Å². The average Bonchev–Trinajstić information content (AvgIpc) is 2.71. The molecular weight excluding hydrogens is 340 g/mol. The minimum absolute atomic E-state index is 0.534. The molecule has 0 atom stereocenters. The van der Waals surface area contributed by atoms with E-state index >= 15 is 0 Å². The minimum atomic E-state index is 0.534. The zero-order chi connectivity index (χ0) is 18.6. The molecule has 0 saturated carbocycles. The Morgan fingerprint density at radius 3 is 2.48 bits per heavy atom. The number of nitrogens with one attached hydrogen (secondary N) is 1. The van der Waals surface area contributed by atoms with Gasteiger partial charge in [-0.05, 0) is 36.8 Å². The third-order valence-corrected chi connectivity index (χ3v) is 4.58. The van der Waals surface area contributed by atoms with Gasteiger partial charge in [-0.25, -0.2) is 19.9 Å². The number of nitrogens with two attached hydrogens (primary N) is 1. The van der Waals surface area contributed by atoms with E-state index in [1.807, 2.05) is 43.5 Å². The van der Waals surface area contributed by atoms with E-state index in [2.05, 4.69) is 35.1 Å². The highest BCUT2D eigenvalue weighted by atomic mass is 15.3. The molecule has 0 spiro atoms. The van der Waals surface area contributed by atoms with Gasteiger partial charge in [0.2, 0.25) is 0 Å². The first-order valence-electron chi connectivity index (χ1n) is 8.92. The number of nitrogens with zero attached hydrogens (tertiary/aromatic N) is 6. The minimum Gasteiger partial charge on any atom is -0.393 e. The van der Waals surface area contributed by atoms with Gasteiger partial charge in [0.05, 0.1) is 0 Å². The fraction of sp³-hybridized carbons (Fsp3) is 0.263. The molecule has 27 heavy (non-hydrogen) atoms. The summed E-state index contributed by atoms with van der Waals surface area (Å²) in [7, 11) is 0. The van der Waals surface area contributed by atoms with Gasteiger partial charge in [-0.2, -0.15) is 0 Å². The highest BCUT2D eigenvalue weighted by molar-refractivity contribution is 5.77. The molecule has 0 amide bonds. The lowest BCUT2D eigenvalue weighted by atomic mass is 10.2. The summed E-state index contributed by atoms with van der Waals surface area (Å²) in [6.45, 7) is 5.38. The summed E-state index contributed by atoms with van der Waals surface area (Å²) in [6.07, 6.45) is 5.11. The van der Waals surface area contributed by atoms with Gasteiger partial charge in [-0.15, -0.1) is 0 Å². The molecule has 4 rings (SSSR count). The van der Waals surface area contributed by atoms with Gasteiger partial charge in [0.15, 0.2) is 11.6 Å². The summed E-state index contributed by atoms with van der Waals surface area (Å²) in [6, 6.07) is 9.87. The van der Waals surface area contributed by atoms with Crippen LogP contribution in [0.5, 0.6) is 0 Å². The van der Waals surface area contributed by atoms with Crippen LogP contribution in [0.4, 0.5) is 29.0 Å². The number of hydrogen-bond donors (Lipinski definition) is 2. The van der Waals surface area contributed by atoms with Crippen LogP contribution in [-0.2, 0) is 0 Å². The largest absolute Gasteiger partial charge is 0.393 e. The van der Waals surface area contributed by atoms with E-state index in [-0.39, 0.29) is 0 Å². The van der Waals surface area contributed by atoms with Crippen LogP contribution in [0.3, 0.4) is 0 Å². The number of piperazine rings is 1. The van der Waals surface area contributed by atoms with E-state index in [0.717, 1.165) is 43.4 Å². The third-order valence-electron chi connectivity index (χ3n) is 4.58. The molecule has 0 unspecified atom stereocenters. The van der Waals surface area contributed by atoms with Crippen LogP contribution in [0, 0.1) is 6.92 Å². The van der Waals surface area contributed by atoms with E-state index in [9.17, 15) is 0 Å². The number of aromatic nitrogens is 4. The second kappa shape index (κ2) is 7.45. The van der Waals surface area contributed by atoms with Crippen molar-refractivity contribution in [3.05, 3.63) is 54.6 Å². The van der Waals surface area contributed by atoms with Gasteiger partial charge in [0.25, 0.3) is 0 Å². The molecule has 1 saturated heterocycles. The normalized spacial score (nSPS) is 14.3. The summed E-state index contributed by atoms with van der Waals surface area (Å²) in [5, 5.41) is 3.19. The lowest BCUT2D eigenvalue weighted by molar-refractivity contribution is 0.642. The second-order valence-electron chi connectivity index (χ2n) is 6.47. The van der Waals surface area contributed by atoms with Crippen LogP contribution >= 0.6 is 0 Å². The van der Waals surface area contributed by atoms with Crippen molar-refractivity contribution in [2.24, 2.45) is 0 Å². The highest BCUT2D eigenvalue weighted by Crippen LogP contribution is 2.29. The Kier molecular flexibility index (Phi) is 4.69. The summed E-state index contributed by atoms with van der Waals surface area (Å²) in [4.78, 5) is 21.9. The summed E-state index contributed by atoms with van der Waals surface area (Å²) < 4.78 is 0. The van der Waals surface area contributed by atoms with E-state index in [0.29, 0.717) is 17.3 Å². The number of rotatable bonds is 4. The number of nitrogen functional groups attached to an aromatic ring is 1. The van der Waals surface area contributed by atoms with Crippen molar-refractivity contribution in [3.63, 3.8) is 0 Å². The van der Waals surface area contributed by atoms with E-state index < -0.39 is 0 Å². The van der Waals surface area contributed by atoms with Crippen molar-refractivity contribution in [1.82, 2.24) is 19.9 Å². The van der Waals surface area contributed by atoms with Gasteiger partial charge in [-0.1, -0.05) is 6.07 Å². The van der Waals surface area contributed by atoms with Gasteiger partial charge in [-0.3, -0.25) is 0 Å². The van der Waals surface area contributed by atoms with Crippen LogP contribution < -0.4 is 20.9 Å². The predicted molar refractivity (Wildman–Crippen MR) is 107 cm³/mol. The number of anilines is 5. The SMILES string of the molecule is Cc1ccnc(Nc2ncnc(N3CCN(c4ccccn4)CC3)c2N)c1. The molecule has 3 aromatic heterocycles. The molecule has 1 aliphatic rings. The summed E-state index contributed by atoms with van der Waals surface area (Å²) in [5.74, 6) is 3.04. The van der Waals surface area contributed by atoms with Gasteiger partial charge >= 0.3 is 0 Å². The maximum absolute atomic E-state index is 6.36. The van der Waals surface area contributed by atoms with E-state index in [4.69, 9.17) is 5.73 Å². The molecule has 0 radical (unpaired) electrons. The monoisotopic (exact) mass is 362 g/mol. The van der Waals surface area contributed by atoms with Crippen LogP contribution in [-0.4, -0.2) is 46.1 Å². The highest BCUT2D eigenvalue weighted by Gasteiger charge is 2.22. The smallest absolute Gasteiger partial charge is 0.160 e. The van der Waals surface area contributed by atoms with Gasteiger partial charge < -0.3 is 20.9 Å². The fourth-order valence-electron chi connectivity index (χ4n) is 3.15. The molecule has 0 aliphatic carbocycles. The topological polar surface area (TPSA) is 96.1 Å². The Balaban J connectivity index is 1.48. The molecule has 8 heteroatoms. The first-order valence-corrected chi connectivity index (χ1v) is 8.92. The summed E-state index contributed by atoms with van der Waals surface area (Å²) in [5.41, 5.74) is 8.01. The first kappa shape index (κ1) is 17.0. The maximum atomic E-state index is 6.36. The van der Waals surface area contributed by atoms with Crippen LogP contribution in [0.25, 0.3) is 0 Å². The average molecular weight is 362 g/mol. The zero-order valence-electron chi connectivity index (χ0n) is 15.2. The Morgan fingerprint density at radius 2 is 1.74 bits per heavy atom. The molecular formula is C19H22N8. The van der Waals surface area contributed by atoms with Gasteiger partial charge in [0, 0.05) is 38.6 Å². The van der Waals surface area contributed by atoms with Gasteiger partial charge in [0.1, 0.15) is 23.7 Å². The Bertz CT molecular complexity index is 907. The van der Waals surface area contributed by atoms with Crippen LogP contribution in [0.1, 0.15) is 5.56 Å². The molecule has 1 aliphatic heterocycles. The molecule has 3 N–H and O–H groups in total. The summed E-state index contributed by atoms with van der Waals surface area (Å²) >= 11 is 0. The molecule has 1 fully saturated rings. The quantitative estimate of drug-likeness (QED) is 0.729. The zero-order valence-corrected chi connectivity index (χ0v) is 15.2. The number of pyridine rings is 2. The molecule has 3 aromatic rings. The first-order chi connectivity index (χ1) is 13.2. The third kappa shape index (κ3) is 3.74. The standard InChI is InChI=1S/C19H22N8/c1-14-5-7-21-15(12-14)25-18-17(20)19(24-13-23-18)27-10-8-26(9-11-27)16-4-2-3-6-22-16/h2-7,12-13H,8-11,20H2,1H3,(H,21,23,24,25). The second-order valence-corrected chi connectivity index (χ2v) is 6.47. The van der Waals surface area contributed by atoms with E-state index in [1.165, 1.54) is 6.33 Å². The molecule has 0 aromatic carbocycles. The van der Waals surface area contributed by atoms with Crippen molar-refractivity contribution in [2.75, 3.05) is 47.0 Å². The molecule has 0 bridgehead atoms. The van der Waals surface area contributed by atoms with Crippen molar-refractivity contribution in [1.29, 1.82) is 0 Å². The molecule has 4 heterocycles. The van der Waals surface area contributed by atoms with Crippen LogP contribution in [0.2, 0.25) is 0 Å². The Labute approximate surface area is 158 Å². The van der Waals surface area contributed by atoms with Crippen LogP contribution in [0.15, 0.2) is 49.1 Å². The Morgan fingerprint density at radius 1 is 0.926 bits per heavy atom. The predicted octanol–water partition coefficient (Wildman–Crippen LogP) is 2.23. The fourth-order valence-corrected chi connectivity index (χ4v) is 3.15. The van der Waals surface area contributed by atoms with Crippen molar-refractivity contribution in [2.45, 2.75) is 6.92 Å².